The van der Waals surface area contributed by atoms with E-state index < -0.39 is 40.3 Å². The van der Waals surface area contributed by atoms with Crippen molar-refractivity contribution in [2.24, 2.45) is 0 Å². The first-order chi connectivity index (χ1) is 14.6. The Morgan fingerprint density at radius 1 is 1.29 bits per heavy atom. The molecule has 1 aliphatic heterocycles. The van der Waals surface area contributed by atoms with Gasteiger partial charge in [-0.05, 0) is 23.8 Å². The second kappa shape index (κ2) is 7.98. The number of para-hydroxylation sites is 1. The lowest BCUT2D eigenvalue weighted by atomic mass is 9.97. The van der Waals surface area contributed by atoms with E-state index in [1.165, 1.54) is 16.2 Å². The summed E-state index contributed by atoms with van der Waals surface area (Å²) in [5.74, 6) is -1.83. The van der Waals surface area contributed by atoms with Crippen LogP contribution in [0, 0.1) is 0 Å². The number of nitrogens with zero attached hydrogens (tertiary/aromatic N) is 1. The lowest BCUT2D eigenvalue weighted by Crippen LogP contribution is -2.55. The number of fused-ring (bicyclic) bond motifs is 2. The van der Waals surface area contributed by atoms with E-state index in [1.54, 1.807) is 36.4 Å². The number of nitrogens with one attached hydrogen (secondary N) is 3. The Balaban J connectivity index is 1.56. The first kappa shape index (κ1) is 21.3. The Hall–Kier alpha value is -2.89. The average molecular weight is 481 g/mol. The summed E-state index contributed by atoms with van der Waals surface area (Å²) in [5, 5.41) is 3.49. The number of sulfonamides is 1. The van der Waals surface area contributed by atoms with Crippen LogP contribution in [0.25, 0.3) is 10.2 Å². The fourth-order valence-corrected chi connectivity index (χ4v) is 5.07. The number of aromatic amines is 1. The highest BCUT2D eigenvalue weighted by Crippen LogP contribution is 2.30. The van der Waals surface area contributed by atoms with E-state index in [2.05, 4.69) is 10.3 Å². The van der Waals surface area contributed by atoms with Gasteiger partial charge in [-0.25, -0.2) is 8.42 Å². The van der Waals surface area contributed by atoms with E-state index in [4.69, 9.17) is 11.6 Å². The molecule has 3 heterocycles. The molecular formula is C19H17ClN4O5S2. The molecule has 0 bridgehead atoms. The van der Waals surface area contributed by atoms with Crippen molar-refractivity contribution in [3.63, 3.8) is 0 Å². The Morgan fingerprint density at radius 3 is 2.74 bits per heavy atom. The summed E-state index contributed by atoms with van der Waals surface area (Å²) in [7, 11) is -3.77. The highest BCUT2D eigenvalue weighted by molar-refractivity contribution is 7.89. The third-order valence-electron chi connectivity index (χ3n) is 4.70. The molecular weight excluding hydrogens is 464 g/mol. The Bertz CT molecular complexity index is 1280. The number of H-pyrrole nitrogens is 1. The number of anilines is 1. The minimum Gasteiger partial charge on any atom is -0.342 e. The topological polar surface area (TPSA) is 128 Å². The second-order valence-corrected chi connectivity index (χ2v) is 10.5. The maximum atomic E-state index is 13.1. The van der Waals surface area contributed by atoms with Gasteiger partial charge >= 0.3 is 0 Å². The standard InChI is InChI=1S/C19H17ClN4O5S2/c1-31(28,29)23-16(25)9-24-14-5-3-2-4-10(14)6-13(19(24)27)21-17(26)12-7-11-8-15(20)30-18(11)22-12/h2-5,7-8,13,22H,6,9H2,1H3,(H,21,26)(H,23,25). The Labute approximate surface area is 186 Å². The first-order valence-corrected chi connectivity index (χ1v) is 12.2. The highest BCUT2D eigenvalue weighted by atomic mass is 35.5. The molecule has 3 amide bonds. The van der Waals surface area contributed by atoms with Crippen LogP contribution in [-0.4, -0.2) is 50.0 Å². The predicted molar refractivity (Wildman–Crippen MR) is 118 cm³/mol. The van der Waals surface area contributed by atoms with Gasteiger partial charge in [-0.3, -0.25) is 19.1 Å². The number of thiophene rings is 1. The summed E-state index contributed by atoms with van der Waals surface area (Å²) < 4.78 is 25.1. The number of carbonyl (C=O) groups is 3. The van der Waals surface area contributed by atoms with Gasteiger partial charge in [0, 0.05) is 17.5 Å². The summed E-state index contributed by atoms with van der Waals surface area (Å²) in [6.45, 7) is -0.494. The SMILES string of the molecule is CS(=O)(=O)NC(=O)CN1C(=O)C(NC(=O)c2cc3cc(Cl)sc3[nH]2)Cc2ccccc21. The average Bonchev–Trinajstić information content (AvgIpc) is 3.21. The summed E-state index contributed by atoms with van der Waals surface area (Å²) in [5.41, 5.74) is 1.53. The van der Waals surface area contributed by atoms with Crippen LogP contribution in [0.3, 0.4) is 0 Å². The van der Waals surface area contributed by atoms with Crippen LogP contribution >= 0.6 is 22.9 Å². The number of benzene rings is 1. The molecule has 0 saturated carbocycles. The minimum absolute atomic E-state index is 0.242. The van der Waals surface area contributed by atoms with Gasteiger partial charge < -0.3 is 15.2 Å². The molecule has 0 saturated heterocycles. The van der Waals surface area contributed by atoms with Crippen molar-refractivity contribution in [2.75, 3.05) is 17.7 Å². The Morgan fingerprint density at radius 2 is 2.03 bits per heavy atom. The fraction of sp³-hybridized carbons (Fsp3) is 0.211. The molecule has 4 rings (SSSR count). The van der Waals surface area contributed by atoms with Crippen LogP contribution in [-0.2, 0) is 26.0 Å². The Kier molecular flexibility index (Phi) is 5.50. The van der Waals surface area contributed by atoms with Gasteiger partial charge in [0.25, 0.3) is 11.8 Å². The van der Waals surface area contributed by atoms with E-state index in [-0.39, 0.29) is 12.1 Å². The molecule has 2 aromatic heterocycles. The molecule has 9 nitrogen and oxygen atoms in total. The largest absolute Gasteiger partial charge is 0.342 e. The zero-order chi connectivity index (χ0) is 22.3. The fourth-order valence-electron chi connectivity index (χ4n) is 3.47. The normalized spacial score (nSPS) is 16.3. The number of rotatable bonds is 5. The van der Waals surface area contributed by atoms with E-state index in [0.717, 1.165) is 22.0 Å². The second-order valence-electron chi connectivity index (χ2n) is 7.10. The van der Waals surface area contributed by atoms with E-state index in [9.17, 15) is 22.8 Å². The zero-order valence-corrected chi connectivity index (χ0v) is 18.5. The van der Waals surface area contributed by atoms with Gasteiger partial charge in [-0.15, -0.1) is 11.3 Å². The molecule has 1 atom stereocenters. The van der Waals surface area contributed by atoms with Crippen molar-refractivity contribution >= 4 is 66.6 Å². The van der Waals surface area contributed by atoms with Gasteiger partial charge in [0.15, 0.2) is 0 Å². The van der Waals surface area contributed by atoms with Crippen molar-refractivity contribution in [1.82, 2.24) is 15.0 Å². The van der Waals surface area contributed by atoms with E-state index in [1.807, 2.05) is 4.72 Å². The van der Waals surface area contributed by atoms with Crippen LogP contribution in [0.5, 0.6) is 0 Å². The maximum Gasteiger partial charge on any atom is 0.268 e. The molecule has 1 aliphatic rings. The zero-order valence-electron chi connectivity index (χ0n) is 16.1. The number of hydrogen-bond donors (Lipinski definition) is 3. The molecule has 0 aliphatic carbocycles. The van der Waals surface area contributed by atoms with E-state index >= 15 is 0 Å². The van der Waals surface area contributed by atoms with Crippen molar-refractivity contribution in [2.45, 2.75) is 12.5 Å². The van der Waals surface area contributed by atoms with Crippen LogP contribution in [0.2, 0.25) is 4.34 Å². The molecule has 1 aromatic carbocycles. The maximum absolute atomic E-state index is 13.1. The summed E-state index contributed by atoms with van der Waals surface area (Å²) in [6, 6.07) is 9.41. The van der Waals surface area contributed by atoms with Crippen LogP contribution in [0.4, 0.5) is 5.69 Å². The van der Waals surface area contributed by atoms with Crippen LogP contribution < -0.4 is 14.9 Å². The molecule has 12 heteroatoms. The summed E-state index contributed by atoms with van der Waals surface area (Å²) >= 11 is 7.25. The van der Waals surface area contributed by atoms with Gasteiger partial charge in [-0.1, -0.05) is 29.8 Å². The molecule has 3 aromatic rings. The quantitative estimate of drug-likeness (QED) is 0.511. The van der Waals surface area contributed by atoms with Crippen LogP contribution in [0.1, 0.15) is 16.1 Å². The smallest absolute Gasteiger partial charge is 0.268 e. The van der Waals surface area contributed by atoms with Crippen LogP contribution in [0.15, 0.2) is 36.4 Å². The van der Waals surface area contributed by atoms with Crippen molar-refractivity contribution in [1.29, 1.82) is 0 Å². The molecule has 0 radical (unpaired) electrons. The number of aromatic nitrogens is 1. The molecule has 162 valence electrons. The number of hydrogen-bond acceptors (Lipinski definition) is 6. The molecule has 0 fully saturated rings. The predicted octanol–water partition coefficient (Wildman–Crippen LogP) is 1.65. The highest BCUT2D eigenvalue weighted by Gasteiger charge is 2.35. The summed E-state index contributed by atoms with van der Waals surface area (Å²) in [6.07, 6.45) is 1.10. The van der Waals surface area contributed by atoms with Crippen molar-refractivity contribution < 1.29 is 22.8 Å². The molecule has 0 spiro atoms. The number of halogens is 1. The van der Waals surface area contributed by atoms with Crippen molar-refractivity contribution in [3.05, 3.63) is 52.0 Å². The monoisotopic (exact) mass is 480 g/mol. The van der Waals surface area contributed by atoms with Gasteiger partial charge in [0.05, 0.1) is 10.6 Å². The lowest BCUT2D eigenvalue weighted by Gasteiger charge is -2.34. The molecule has 1 unspecified atom stereocenters. The van der Waals surface area contributed by atoms with Gasteiger partial charge in [0.2, 0.25) is 15.9 Å². The minimum atomic E-state index is -3.77. The molecule has 31 heavy (non-hydrogen) atoms. The molecule has 3 N–H and O–H groups in total. The third-order valence-corrected chi connectivity index (χ3v) is 6.49. The first-order valence-electron chi connectivity index (χ1n) is 9.09. The van der Waals surface area contributed by atoms with Gasteiger partial charge in [-0.2, -0.15) is 0 Å². The third kappa shape index (κ3) is 4.58. The van der Waals surface area contributed by atoms with Crippen molar-refractivity contribution in [3.8, 4) is 0 Å². The summed E-state index contributed by atoms with van der Waals surface area (Å²) in [4.78, 5) is 42.9. The number of amides is 3. The lowest BCUT2D eigenvalue weighted by molar-refractivity contribution is -0.124. The van der Waals surface area contributed by atoms with Gasteiger partial charge in [0.1, 0.15) is 23.1 Å². The number of carbonyl (C=O) groups excluding carboxylic acids is 3. The van der Waals surface area contributed by atoms with E-state index in [0.29, 0.717) is 10.0 Å².